The SMILES string of the molecule is CCNC(C)c1ccc(Oc2ccc(Cl)c(F)c2)c(F)c1. The average molecular weight is 312 g/mol. The van der Waals surface area contributed by atoms with Crippen LogP contribution in [0.3, 0.4) is 0 Å². The Morgan fingerprint density at radius 1 is 1.14 bits per heavy atom. The number of halogens is 3. The summed E-state index contributed by atoms with van der Waals surface area (Å²) in [5.74, 6) is -0.855. The monoisotopic (exact) mass is 311 g/mol. The van der Waals surface area contributed by atoms with Crippen molar-refractivity contribution in [2.24, 2.45) is 0 Å². The molecule has 112 valence electrons. The average Bonchev–Trinajstić information content (AvgIpc) is 2.45. The van der Waals surface area contributed by atoms with Crippen molar-refractivity contribution in [2.75, 3.05) is 6.54 Å². The first-order chi connectivity index (χ1) is 10.0. The molecule has 0 aliphatic carbocycles. The molecule has 5 heteroatoms. The number of ether oxygens (including phenoxy) is 1. The van der Waals surface area contributed by atoms with E-state index in [1.54, 1.807) is 6.07 Å². The Kier molecular flexibility index (Phi) is 5.15. The Bertz CT molecular complexity index is 634. The fourth-order valence-electron chi connectivity index (χ4n) is 1.96. The van der Waals surface area contributed by atoms with Crippen molar-refractivity contribution in [1.82, 2.24) is 5.32 Å². The maximum absolute atomic E-state index is 14.0. The molecule has 0 radical (unpaired) electrons. The van der Waals surface area contributed by atoms with E-state index in [1.165, 1.54) is 24.3 Å². The van der Waals surface area contributed by atoms with Gasteiger partial charge in [-0.05, 0) is 43.3 Å². The predicted molar refractivity (Wildman–Crippen MR) is 80.0 cm³/mol. The molecule has 0 amide bonds. The molecule has 1 unspecified atom stereocenters. The highest BCUT2D eigenvalue weighted by Gasteiger charge is 2.11. The lowest BCUT2D eigenvalue weighted by Crippen LogP contribution is -2.17. The molecule has 2 nitrogen and oxygen atoms in total. The maximum atomic E-state index is 14.0. The second kappa shape index (κ2) is 6.87. The Morgan fingerprint density at radius 3 is 2.52 bits per heavy atom. The van der Waals surface area contributed by atoms with E-state index in [2.05, 4.69) is 5.32 Å². The quantitative estimate of drug-likeness (QED) is 0.831. The third kappa shape index (κ3) is 3.93. The van der Waals surface area contributed by atoms with Crippen molar-refractivity contribution < 1.29 is 13.5 Å². The van der Waals surface area contributed by atoms with Gasteiger partial charge in [0.2, 0.25) is 0 Å². The van der Waals surface area contributed by atoms with Crippen LogP contribution in [-0.4, -0.2) is 6.54 Å². The van der Waals surface area contributed by atoms with E-state index in [9.17, 15) is 8.78 Å². The molecule has 1 atom stereocenters. The van der Waals surface area contributed by atoms with Crippen molar-refractivity contribution >= 4 is 11.6 Å². The molecule has 0 spiro atoms. The fourth-order valence-corrected chi connectivity index (χ4v) is 2.08. The van der Waals surface area contributed by atoms with Gasteiger partial charge in [0.25, 0.3) is 0 Å². The van der Waals surface area contributed by atoms with Gasteiger partial charge in [-0.25, -0.2) is 8.78 Å². The van der Waals surface area contributed by atoms with Crippen LogP contribution >= 0.6 is 11.6 Å². The lowest BCUT2D eigenvalue weighted by Gasteiger charge is -2.14. The number of nitrogens with one attached hydrogen (secondary N) is 1. The summed E-state index contributed by atoms with van der Waals surface area (Å²) >= 11 is 5.59. The van der Waals surface area contributed by atoms with Gasteiger partial charge < -0.3 is 10.1 Å². The topological polar surface area (TPSA) is 21.3 Å². The molecule has 0 saturated heterocycles. The van der Waals surface area contributed by atoms with Gasteiger partial charge in [0.1, 0.15) is 11.6 Å². The third-order valence-electron chi connectivity index (χ3n) is 3.09. The minimum absolute atomic E-state index is 0.00219. The zero-order chi connectivity index (χ0) is 15.4. The van der Waals surface area contributed by atoms with Crippen molar-refractivity contribution in [3.05, 3.63) is 58.6 Å². The maximum Gasteiger partial charge on any atom is 0.166 e. The molecule has 2 aromatic carbocycles. The van der Waals surface area contributed by atoms with Crippen LogP contribution in [0.15, 0.2) is 36.4 Å². The summed E-state index contributed by atoms with van der Waals surface area (Å²) in [6.45, 7) is 4.73. The number of hydrogen-bond donors (Lipinski definition) is 1. The summed E-state index contributed by atoms with van der Waals surface area (Å²) in [6.07, 6.45) is 0. The van der Waals surface area contributed by atoms with Gasteiger partial charge in [-0.3, -0.25) is 0 Å². The third-order valence-corrected chi connectivity index (χ3v) is 3.39. The van der Waals surface area contributed by atoms with Gasteiger partial charge in [-0.15, -0.1) is 0 Å². The first-order valence-corrected chi connectivity index (χ1v) is 7.04. The molecular weight excluding hydrogens is 296 g/mol. The predicted octanol–water partition coefficient (Wildman–Crippen LogP) is 5.08. The summed E-state index contributed by atoms with van der Waals surface area (Å²) in [5.41, 5.74) is 0.823. The zero-order valence-corrected chi connectivity index (χ0v) is 12.5. The van der Waals surface area contributed by atoms with E-state index < -0.39 is 11.6 Å². The van der Waals surface area contributed by atoms with Crippen molar-refractivity contribution in [2.45, 2.75) is 19.9 Å². The molecule has 0 aliphatic rings. The smallest absolute Gasteiger partial charge is 0.166 e. The van der Waals surface area contributed by atoms with Crippen molar-refractivity contribution in [3.8, 4) is 11.5 Å². The van der Waals surface area contributed by atoms with Crippen LogP contribution in [0.2, 0.25) is 5.02 Å². The van der Waals surface area contributed by atoms with Gasteiger partial charge in [0.15, 0.2) is 11.6 Å². The molecule has 0 heterocycles. The van der Waals surface area contributed by atoms with E-state index >= 15 is 0 Å². The second-order valence-corrected chi connectivity index (χ2v) is 5.05. The Morgan fingerprint density at radius 2 is 1.90 bits per heavy atom. The Hall–Kier alpha value is -1.65. The highest BCUT2D eigenvalue weighted by molar-refractivity contribution is 6.30. The van der Waals surface area contributed by atoms with Crippen molar-refractivity contribution in [3.63, 3.8) is 0 Å². The summed E-state index contributed by atoms with van der Waals surface area (Å²) in [7, 11) is 0. The summed E-state index contributed by atoms with van der Waals surface area (Å²) in [6, 6.07) is 8.74. The zero-order valence-electron chi connectivity index (χ0n) is 11.8. The largest absolute Gasteiger partial charge is 0.454 e. The van der Waals surface area contributed by atoms with Crippen LogP contribution in [0, 0.1) is 11.6 Å². The lowest BCUT2D eigenvalue weighted by atomic mass is 10.1. The van der Waals surface area contributed by atoms with Gasteiger partial charge in [-0.1, -0.05) is 24.6 Å². The Balaban J connectivity index is 2.19. The van der Waals surface area contributed by atoms with Gasteiger partial charge in [-0.2, -0.15) is 0 Å². The summed E-state index contributed by atoms with van der Waals surface area (Å²) < 4.78 is 32.7. The molecule has 21 heavy (non-hydrogen) atoms. The van der Waals surface area contributed by atoms with Crippen LogP contribution < -0.4 is 10.1 Å². The fraction of sp³-hybridized carbons (Fsp3) is 0.250. The van der Waals surface area contributed by atoms with Gasteiger partial charge >= 0.3 is 0 Å². The first-order valence-electron chi connectivity index (χ1n) is 6.67. The Labute approximate surface area is 127 Å². The molecule has 0 aliphatic heterocycles. The summed E-state index contributed by atoms with van der Waals surface area (Å²) in [5, 5.41) is 3.20. The second-order valence-electron chi connectivity index (χ2n) is 4.65. The van der Waals surface area contributed by atoms with Crippen LogP contribution in [0.1, 0.15) is 25.5 Å². The van der Waals surface area contributed by atoms with Crippen LogP contribution in [0.25, 0.3) is 0 Å². The molecule has 0 aromatic heterocycles. The molecular formula is C16H16ClF2NO. The molecule has 0 fully saturated rings. The minimum Gasteiger partial charge on any atom is -0.454 e. The minimum atomic E-state index is -0.605. The molecule has 1 N–H and O–H groups in total. The normalized spacial score (nSPS) is 12.2. The number of rotatable bonds is 5. The molecule has 0 saturated carbocycles. The van der Waals surface area contributed by atoms with E-state index in [-0.39, 0.29) is 22.6 Å². The standard InChI is InChI=1S/C16H16ClF2NO/c1-3-20-10(2)11-4-7-16(15(19)8-11)21-12-5-6-13(17)14(18)9-12/h4-10,20H,3H2,1-2H3. The highest BCUT2D eigenvalue weighted by Crippen LogP contribution is 2.29. The highest BCUT2D eigenvalue weighted by atomic mass is 35.5. The molecule has 2 rings (SSSR count). The number of hydrogen-bond acceptors (Lipinski definition) is 2. The first kappa shape index (κ1) is 15.7. The van der Waals surface area contributed by atoms with Crippen molar-refractivity contribution in [1.29, 1.82) is 0 Å². The summed E-state index contributed by atoms with van der Waals surface area (Å²) in [4.78, 5) is 0. The van der Waals surface area contributed by atoms with Crippen LogP contribution in [-0.2, 0) is 0 Å². The van der Waals surface area contributed by atoms with E-state index in [0.717, 1.165) is 18.2 Å². The van der Waals surface area contributed by atoms with E-state index in [0.29, 0.717) is 0 Å². The van der Waals surface area contributed by atoms with E-state index in [4.69, 9.17) is 16.3 Å². The van der Waals surface area contributed by atoms with Gasteiger partial charge in [0.05, 0.1) is 5.02 Å². The molecule has 2 aromatic rings. The van der Waals surface area contributed by atoms with Gasteiger partial charge in [0, 0.05) is 12.1 Å². The molecule has 0 bridgehead atoms. The van der Waals surface area contributed by atoms with E-state index in [1.807, 2.05) is 13.8 Å². The van der Waals surface area contributed by atoms with Crippen LogP contribution in [0.4, 0.5) is 8.78 Å². The number of benzene rings is 2. The van der Waals surface area contributed by atoms with Crippen LogP contribution in [0.5, 0.6) is 11.5 Å². The lowest BCUT2D eigenvalue weighted by molar-refractivity contribution is 0.437.